The van der Waals surface area contributed by atoms with E-state index in [9.17, 15) is 9.59 Å². The van der Waals surface area contributed by atoms with Crippen molar-refractivity contribution < 1.29 is 19.1 Å². The van der Waals surface area contributed by atoms with Crippen molar-refractivity contribution in [1.82, 2.24) is 4.90 Å². The highest BCUT2D eigenvalue weighted by atomic mass is 16.6. The summed E-state index contributed by atoms with van der Waals surface area (Å²) in [5.74, 6) is -1.13. The van der Waals surface area contributed by atoms with Crippen LogP contribution in [0.15, 0.2) is 23.4 Å². The molecule has 0 radical (unpaired) electrons. The molecule has 5 nitrogen and oxygen atoms in total. The molecule has 1 saturated carbocycles. The molecule has 0 aromatic rings. The highest BCUT2D eigenvalue weighted by Crippen LogP contribution is 2.44. The number of nitrogens with zero attached hydrogens (tertiary/aromatic N) is 1. The van der Waals surface area contributed by atoms with Crippen LogP contribution in [0.2, 0.25) is 0 Å². The van der Waals surface area contributed by atoms with Gasteiger partial charge in [0.2, 0.25) is 0 Å². The van der Waals surface area contributed by atoms with E-state index in [4.69, 9.17) is 9.47 Å². The Morgan fingerprint density at radius 2 is 2.00 bits per heavy atom. The van der Waals surface area contributed by atoms with Crippen molar-refractivity contribution in [2.75, 3.05) is 20.7 Å². The first-order valence-electron chi connectivity index (χ1n) is 7.50. The van der Waals surface area contributed by atoms with Crippen LogP contribution in [0.5, 0.6) is 0 Å². The van der Waals surface area contributed by atoms with Crippen LogP contribution in [0.25, 0.3) is 0 Å². The zero-order chi connectivity index (χ0) is 15.5. The third kappa shape index (κ3) is 3.12. The summed E-state index contributed by atoms with van der Waals surface area (Å²) >= 11 is 0. The van der Waals surface area contributed by atoms with Gasteiger partial charge < -0.3 is 14.4 Å². The van der Waals surface area contributed by atoms with Crippen LogP contribution in [-0.4, -0.2) is 43.1 Å². The average molecular weight is 293 g/mol. The van der Waals surface area contributed by atoms with E-state index in [0.717, 1.165) is 32.1 Å². The Labute approximate surface area is 125 Å². The van der Waals surface area contributed by atoms with E-state index >= 15 is 0 Å². The van der Waals surface area contributed by atoms with Crippen molar-refractivity contribution in [3.63, 3.8) is 0 Å². The molecule has 2 aliphatic rings. The molecule has 0 amide bonds. The molecule has 0 N–H and O–H groups in total. The van der Waals surface area contributed by atoms with Crippen molar-refractivity contribution >= 4 is 11.9 Å². The quantitative estimate of drug-likeness (QED) is 0.587. The number of esters is 2. The van der Waals surface area contributed by atoms with Crippen molar-refractivity contribution in [2.24, 2.45) is 0 Å². The van der Waals surface area contributed by atoms with Crippen LogP contribution in [-0.2, 0) is 19.1 Å². The Bertz CT molecular complexity index is 485. The maximum Gasteiger partial charge on any atom is 0.346 e. The van der Waals surface area contributed by atoms with Crippen LogP contribution in [0.3, 0.4) is 0 Å². The number of ether oxygens (including phenoxy) is 2. The SMILES string of the molecule is CCOC(=O)C1=C(/C=C/N(C)C)C2(CCCCC2)OC1=O. The summed E-state index contributed by atoms with van der Waals surface area (Å²) in [7, 11) is 3.79. The largest absolute Gasteiger partial charge is 0.462 e. The molecular formula is C16H23NO4. The van der Waals surface area contributed by atoms with Crippen LogP contribution < -0.4 is 0 Å². The first kappa shape index (κ1) is 15.6. The van der Waals surface area contributed by atoms with Gasteiger partial charge in [-0.15, -0.1) is 0 Å². The van der Waals surface area contributed by atoms with Gasteiger partial charge in [0.1, 0.15) is 5.60 Å². The molecule has 1 aliphatic heterocycles. The number of carbonyl (C=O) groups excluding carboxylic acids is 2. The molecule has 21 heavy (non-hydrogen) atoms. The van der Waals surface area contributed by atoms with Crippen LogP contribution in [0.1, 0.15) is 39.0 Å². The minimum Gasteiger partial charge on any atom is -0.462 e. The van der Waals surface area contributed by atoms with Crippen LogP contribution in [0, 0.1) is 0 Å². The smallest absolute Gasteiger partial charge is 0.346 e. The van der Waals surface area contributed by atoms with E-state index in [0.29, 0.717) is 5.57 Å². The fraction of sp³-hybridized carbons (Fsp3) is 0.625. The van der Waals surface area contributed by atoms with Gasteiger partial charge in [0.25, 0.3) is 0 Å². The minimum absolute atomic E-state index is 0.0665. The lowest BCUT2D eigenvalue weighted by atomic mass is 9.78. The molecule has 116 valence electrons. The lowest BCUT2D eigenvalue weighted by Gasteiger charge is -2.33. The predicted octanol–water partition coefficient (Wildman–Crippen LogP) is 2.18. The summed E-state index contributed by atoms with van der Waals surface area (Å²) in [6.07, 6.45) is 8.35. The van der Waals surface area contributed by atoms with E-state index in [1.165, 1.54) is 0 Å². The van der Waals surface area contributed by atoms with Gasteiger partial charge >= 0.3 is 11.9 Å². The third-order valence-electron chi connectivity index (χ3n) is 3.93. The van der Waals surface area contributed by atoms with Crippen LogP contribution in [0.4, 0.5) is 0 Å². The first-order chi connectivity index (χ1) is 10.00. The second-order valence-corrected chi connectivity index (χ2v) is 5.73. The number of carbonyl (C=O) groups is 2. The van der Waals surface area contributed by atoms with Crippen molar-refractivity contribution in [3.8, 4) is 0 Å². The lowest BCUT2D eigenvalue weighted by molar-refractivity contribution is -0.152. The van der Waals surface area contributed by atoms with Gasteiger partial charge in [-0.2, -0.15) is 0 Å². The molecule has 2 rings (SSSR count). The van der Waals surface area contributed by atoms with Gasteiger partial charge in [-0.25, -0.2) is 9.59 Å². The maximum absolute atomic E-state index is 12.2. The van der Waals surface area contributed by atoms with Crippen molar-refractivity contribution in [2.45, 2.75) is 44.6 Å². The zero-order valence-corrected chi connectivity index (χ0v) is 13.0. The molecule has 0 aromatic carbocycles. The molecule has 0 bridgehead atoms. The molecule has 1 spiro atoms. The van der Waals surface area contributed by atoms with E-state index < -0.39 is 17.5 Å². The molecule has 0 aromatic heterocycles. The second kappa shape index (κ2) is 6.33. The normalized spacial score (nSPS) is 21.0. The van der Waals surface area contributed by atoms with Crippen LogP contribution >= 0.6 is 0 Å². The summed E-state index contributed by atoms with van der Waals surface area (Å²) in [6.45, 7) is 1.97. The highest BCUT2D eigenvalue weighted by Gasteiger charge is 2.49. The van der Waals surface area contributed by atoms with Gasteiger partial charge in [0, 0.05) is 19.7 Å². The fourth-order valence-corrected chi connectivity index (χ4v) is 2.97. The molecular weight excluding hydrogens is 270 g/mol. The van der Waals surface area contributed by atoms with Crippen molar-refractivity contribution in [3.05, 3.63) is 23.4 Å². The van der Waals surface area contributed by atoms with Crippen molar-refractivity contribution in [1.29, 1.82) is 0 Å². The standard InChI is InChI=1S/C16H23NO4/c1-4-20-14(18)13-12(8-11-17(2)3)16(21-15(13)19)9-6-5-7-10-16/h8,11H,4-7,9-10H2,1-3H3/b11-8+. The number of hydrogen-bond acceptors (Lipinski definition) is 5. The molecule has 1 aliphatic carbocycles. The molecule has 0 unspecified atom stereocenters. The lowest BCUT2D eigenvalue weighted by Crippen LogP contribution is -2.34. The topological polar surface area (TPSA) is 55.8 Å². The Kier molecular flexibility index (Phi) is 4.70. The summed E-state index contributed by atoms with van der Waals surface area (Å²) in [5.41, 5.74) is 0.111. The average Bonchev–Trinajstić information content (AvgIpc) is 2.69. The van der Waals surface area contributed by atoms with Gasteiger partial charge in [0.05, 0.1) is 6.61 Å². The monoisotopic (exact) mass is 293 g/mol. The predicted molar refractivity (Wildman–Crippen MR) is 78.4 cm³/mol. The fourth-order valence-electron chi connectivity index (χ4n) is 2.97. The summed E-state index contributed by atoms with van der Waals surface area (Å²) in [4.78, 5) is 26.2. The van der Waals surface area contributed by atoms with E-state index in [1.807, 2.05) is 31.3 Å². The Balaban J connectivity index is 2.44. The summed E-state index contributed by atoms with van der Waals surface area (Å²) in [6, 6.07) is 0. The van der Waals surface area contributed by atoms with E-state index in [1.54, 1.807) is 6.92 Å². The van der Waals surface area contributed by atoms with Gasteiger partial charge in [-0.3, -0.25) is 0 Å². The van der Waals surface area contributed by atoms with E-state index in [2.05, 4.69) is 0 Å². The third-order valence-corrected chi connectivity index (χ3v) is 3.93. The molecule has 1 heterocycles. The summed E-state index contributed by atoms with van der Waals surface area (Å²) < 4.78 is 10.7. The zero-order valence-electron chi connectivity index (χ0n) is 13.0. The Morgan fingerprint density at radius 3 is 2.57 bits per heavy atom. The van der Waals surface area contributed by atoms with E-state index in [-0.39, 0.29) is 12.2 Å². The molecule has 5 heteroatoms. The summed E-state index contributed by atoms with van der Waals surface area (Å²) in [5, 5.41) is 0. The molecule has 0 atom stereocenters. The van der Waals surface area contributed by atoms with Gasteiger partial charge in [0.15, 0.2) is 5.57 Å². The Hall–Kier alpha value is -1.78. The molecule has 1 fully saturated rings. The maximum atomic E-state index is 12.2. The second-order valence-electron chi connectivity index (χ2n) is 5.73. The Morgan fingerprint density at radius 1 is 1.33 bits per heavy atom. The van der Waals surface area contributed by atoms with Gasteiger partial charge in [-0.05, 0) is 44.9 Å². The molecule has 0 saturated heterocycles. The highest BCUT2D eigenvalue weighted by molar-refractivity contribution is 6.17. The number of rotatable bonds is 4. The first-order valence-corrected chi connectivity index (χ1v) is 7.50. The van der Waals surface area contributed by atoms with Gasteiger partial charge in [-0.1, -0.05) is 6.42 Å². The number of hydrogen-bond donors (Lipinski definition) is 0. The minimum atomic E-state index is -0.635.